The summed E-state index contributed by atoms with van der Waals surface area (Å²) in [5.41, 5.74) is 2.75. The van der Waals surface area contributed by atoms with Crippen LogP contribution >= 0.6 is 0 Å². The fraction of sp³-hybridized carbons (Fsp3) is 0.412. The van der Waals surface area contributed by atoms with Crippen LogP contribution in [0.15, 0.2) is 36.5 Å². The lowest BCUT2D eigenvalue weighted by Crippen LogP contribution is -2.60. The highest BCUT2D eigenvalue weighted by molar-refractivity contribution is 7.91. The molecule has 0 saturated carbocycles. The Hall–Kier alpha value is -2.39. The predicted octanol–water partition coefficient (Wildman–Crippen LogP) is 0.357. The Morgan fingerprint density at radius 2 is 2.08 bits per heavy atom. The minimum Gasteiger partial charge on any atom is -0.334 e. The number of urea groups is 1. The fourth-order valence-electron chi connectivity index (χ4n) is 3.69. The number of amides is 2. The monoisotopic (exact) mass is 375 g/mol. The number of H-pyrrole nitrogens is 1. The number of carbonyl (C=O) groups is 1. The first-order valence-electron chi connectivity index (χ1n) is 8.59. The van der Waals surface area contributed by atoms with E-state index in [2.05, 4.69) is 20.8 Å². The summed E-state index contributed by atoms with van der Waals surface area (Å²) in [6, 6.07) is 9.07. The van der Waals surface area contributed by atoms with Crippen LogP contribution in [0.2, 0.25) is 0 Å². The molecule has 2 atom stereocenters. The molecule has 2 fully saturated rings. The van der Waals surface area contributed by atoms with E-state index in [-0.39, 0.29) is 29.6 Å². The number of fused-ring (bicyclic) bond motifs is 1. The van der Waals surface area contributed by atoms with Crippen LogP contribution in [0.4, 0.5) is 4.79 Å². The van der Waals surface area contributed by atoms with Crippen LogP contribution in [0.1, 0.15) is 5.56 Å². The van der Waals surface area contributed by atoms with Gasteiger partial charge in [-0.3, -0.25) is 5.10 Å². The van der Waals surface area contributed by atoms with Gasteiger partial charge in [-0.25, -0.2) is 13.2 Å². The maximum Gasteiger partial charge on any atom is 0.318 e. The molecule has 26 heavy (non-hydrogen) atoms. The average Bonchev–Trinajstić information content (AvgIpc) is 3.22. The number of aromatic amines is 1. The van der Waals surface area contributed by atoms with Crippen molar-refractivity contribution in [2.45, 2.75) is 18.6 Å². The molecule has 9 heteroatoms. The Morgan fingerprint density at radius 1 is 1.27 bits per heavy atom. The van der Waals surface area contributed by atoms with Crippen molar-refractivity contribution in [3.8, 4) is 11.3 Å². The van der Waals surface area contributed by atoms with Gasteiger partial charge in [0.05, 0.1) is 29.4 Å². The van der Waals surface area contributed by atoms with Crippen molar-refractivity contribution in [2.24, 2.45) is 0 Å². The Morgan fingerprint density at radius 3 is 2.88 bits per heavy atom. The van der Waals surface area contributed by atoms with Gasteiger partial charge in [-0.2, -0.15) is 5.10 Å². The molecule has 2 amide bonds. The van der Waals surface area contributed by atoms with Crippen molar-refractivity contribution < 1.29 is 13.2 Å². The molecule has 2 aromatic rings. The van der Waals surface area contributed by atoms with Gasteiger partial charge in [0.25, 0.3) is 0 Å². The van der Waals surface area contributed by atoms with E-state index in [9.17, 15) is 13.2 Å². The summed E-state index contributed by atoms with van der Waals surface area (Å²) in [6.07, 6.45) is 1.70. The Labute approximate surface area is 151 Å². The van der Waals surface area contributed by atoms with E-state index >= 15 is 0 Å². The van der Waals surface area contributed by atoms with Crippen LogP contribution in [0.25, 0.3) is 11.3 Å². The van der Waals surface area contributed by atoms with E-state index in [1.54, 1.807) is 11.1 Å². The van der Waals surface area contributed by atoms with Crippen molar-refractivity contribution in [2.75, 3.05) is 24.6 Å². The lowest BCUT2D eigenvalue weighted by Gasteiger charge is -2.37. The summed E-state index contributed by atoms with van der Waals surface area (Å²) in [4.78, 5) is 14.3. The number of rotatable bonds is 3. The molecule has 2 saturated heterocycles. The molecule has 0 aliphatic carbocycles. The highest BCUT2D eigenvalue weighted by atomic mass is 32.2. The summed E-state index contributed by atoms with van der Waals surface area (Å²) in [7, 11) is -3.10. The van der Waals surface area contributed by atoms with Crippen LogP contribution in [-0.2, 0) is 16.4 Å². The second-order valence-corrected chi connectivity index (χ2v) is 8.85. The Bertz CT molecular complexity index is 896. The van der Waals surface area contributed by atoms with Gasteiger partial charge in [-0.05, 0) is 5.56 Å². The van der Waals surface area contributed by atoms with Gasteiger partial charge in [0.15, 0.2) is 9.84 Å². The Balaban J connectivity index is 1.44. The first-order valence-corrected chi connectivity index (χ1v) is 10.4. The van der Waals surface area contributed by atoms with Crippen LogP contribution in [-0.4, -0.2) is 66.2 Å². The molecular formula is C17H21N5O3S. The minimum atomic E-state index is -3.10. The zero-order valence-electron chi connectivity index (χ0n) is 14.2. The van der Waals surface area contributed by atoms with Crippen molar-refractivity contribution in [3.63, 3.8) is 0 Å². The largest absolute Gasteiger partial charge is 0.334 e. The SMILES string of the molecule is O=C(NCc1cn[nH]c1-c1ccccc1)N1CCN[C@H]2CS(=O)(=O)C[C@H]21. The number of hydrogen-bond donors (Lipinski definition) is 3. The van der Waals surface area contributed by atoms with Crippen LogP contribution < -0.4 is 10.6 Å². The molecule has 4 rings (SSSR count). The standard InChI is InChI=1S/C17H21N5O3S/c23-17(22-7-6-18-14-10-26(24,25)11-15(14)22)19-8-13-9-20-21-16(13)12-4-2-1-3-5-12/h1-5,9,14-15,18H,6-8,10-11H2,(H,19,23)(H,20,21)/t14-,15+/m0/s1. The highest BCUT2D eigenvalue weighted by Gasteiger charge is 2.44. The van der Waals surface area contributed by atoms with Gasteiger partial charge in [0.2, 0.25) is 0 Å². The number of aromatic nitrogens is 2. The van der Waals surface area contributed by atoms with Crippen molar-refractivity contribution in [1.29, 1.82) is 0 Å². The molecule has 0 unspecified atom stereocenters. The first kappa shape index (κ1) is 17.0. The number of sulfone groups is 1. The number of benzene rings is 1. The molecule has 0 spiro atoms. The smallest absolute Gasteiger partial charge is 0.318 e. The molecule has 3 heterocycles. The van der Waals surface area contributed by atoms with E-state index in [1.165, 1.54) is 0 Å². The highest BCUT2D eigenvalue weighted by Crippen LogP contribution is 2.22. The third-order valence-corrected chi connectivity index (χ3v) is 6.67. The quantitative estimate of drug-likeness (QED) is 0.718. The maximum absolute atomic E-state index is 12.7. The fourth-order valence-corrected chi connectivity index (χ4v) is 5.65. The predicted molar refractivity (Wildman–Crippen MR) is 97.2 cm³/mol. The molecule has 8 nitrogen and oxygen atoms in total. The second kappa shape index (κ2) is 6.73. The molecular weight excluding hydrogens is 354 g/mol. The van der Waals surface area contributed by atoms with Gasteiger partial charge < -0.3 is 15.5 Å². The average molecular weight is 375 g/mol. The second-order valence-electron chi connectivity index (χ2n) is 6.69. The lowest BCUT2D eigenvalue weighted by molar-refractivity contribution is 0.151. The number of hydrogen-bond acceptors (Lipinski definition) is 5. The lowest BCUT2D eigenvalue weighted by atomic mass is 10.1. The van der Waals surface area contributed by atoms with Crippen molar-refractivity contribution in [1.82, 2.24) is 25.7 Å². The first-order chi connectivity index (χ1) is 12.5. The van der Waals surface area contributed by atoms with Gasteiger partial charge >= 0.3 is 6.03 Å². The normalized spacial score (nSPS) is 24.2. The number of piperazine rings is 1. The number of nitrogens with zero attached hydrogens (tertiary/aromatic N) is 2. The maximum atomic E-state index is 12.7. The molecule has 0 bridgehead atoms. The van der Waals surface area contributed by atoms with E-state index in [0.29, 0.717) is 19.6 Å². The number of nitrogens with one attached hydrogen (secondary N) is 3. The van der Waals surface area contributed by atoms with Crippen LogP contribution in [0.5, 0.6) is 0 Å². The molecule has 3 N–H and O–H groups in total. The zero-order valence-corrected chi connectivity index (χ0v) is 15.0. The topological polar surface area (TPSA) is 107 Å². The third-order valence-electron chi connectivity index (χ3n) is 4.95. The summed E-state index contributed by atoms with van der Waals surface area (Å²) in [5.74, 6) is 0.125. The molecule has 2 aliphatic rings. The van der Waals surface area contributed by atoms with E-state index in [4.69, 9.17) is 0 Å². The van der Waals surface area contributed by atoms with Crippen LogP contribution in [0, 0.1) is 0 Å². The van der Waals surface area contributed by atoms with Gasteiger partial charge in [0, 0.05) is 31.2 Å². The van der Waals surface area contributed by atoms with Crippen LogP contribution in [0.3, 0.4) is 0 Å². The molecule has 138 valence electrons. The summed E-state index contributed by atoms with van der Waals surface area (Å²) < 4.78 is 23.8. The third kappa shape index (κ3) is 3.32. The van der Waals surface area contributed by atoms with Gasteiger partial charge in [0.1, 0.15) is 0 Å². The van der Waals surface area contributed by atoms with E-state index < -0.39 is 9.84 Å². The van der Waals surface area contributed by atoms with E-state index in [1.807, 2.05) is 30.3 Å². The van der Waals surface area contributed by atoms with Gasteiger partial charge in [-0.1, -0.05) is 30.3 Å². The minimum absolute atomic E-state index is 0.0268. The van der Waals surface area contributed by atoms with Crippen molar-refractivity contribution >= 4 is 15.9 Å². The Kier molecular flexibility index (Phi) is 4.41. The van der Waals surface area contributed by atoms with Gasteiger partial charge in [-0.15, -0.1) is 0 Å². The molecule has 1 aromatic heterocycles. The summed E-state index contributed by atoms with van der Waals surface area (Å²) in [5, 5.41) is 13.2. The van der Waals surface area contributed by atoms with E-state index in [0.717, 1.165) is 16.8 Å². The van der Waals surface area contributed by atoms with Crippen molar-refractivity contribution in [3.05, 3.63) is 42.1 Å². The molecule has 0 radical (unpaired) electrons. The summed E-state index contributed by atoms with van der Waals surface area (Å²) in [6.45, 7) is 1.43. The zero-order chi connectivity index (χ0) is 18.1. The number of carbonyl (C=O) groups excluding carboxylic acids is 1. The summed E-state index contributed by atoms with van der Waals surface area (Å²) >= 11 is 0. The molecule has 2 aliphatic heterocycles. The molecule has 1 aromatic carbocycles.